The van der Waals surface area contributed by atoms with Crippen LogP contribution in [0.3, 0.4) is 0 Å². The van der Waals surface area contributed by atoms with Crippen molar-refractivity contribution >= 4 is 22.6 Å². The van der Waals surface area contributed by atoms with Gasteiger partial charge >= 0.3 is 0 Å². The maximum atomic E-state index is 12.5. The number of carbonyl (C=O) groups excluding carboxylic acids is 2. The van der Waals surface area contributed by atoms with Crippen molar-refractivity contribution in [3.63, 3.8) is 0 Å². The van der Waals surface area contributed by atoms with Gasteiger partial charge in [0.15, 0.2) is 17.5 Å². The molecule has 0 saturated heterocycles. The van der Waals surface area contributed by atoms with Crippen LogP contribution in [-0.2, 0) is 4.79 Å². The molecule has 6 nitrogen and oxygen atoms in total. The number of nitrogens with zero attached hydrogens (tertiary/aromatic N) is 2. The lowest BCUT2D eigenvalue weighted by Crippen LogP contribution is -2.32. The van der Waals surface area contributed by atoms with Crippen LogP contribution in [0.25, 0.3) is 22.2 Å². The monoisotopic (exact) mass is 319 g/mol. The van der Waals surface area contributed by atoms with E-state index in [1.165, 1.54) is 13.1 Å². The van der Waals surface area contributed by atoms with E-state index in [1.807, 2.05) is 30.3 Å². The van der Waals surface area contributed by atoms with Gasteiger partial charge in [-0.05, 0) is 18.2 Å². The van der Waals surface area contributed by atoms with E-state index in [9.17, 15) is 9.59 Å². The summed E-state index contributed by atoms with van der Waals surface area (Å²) in [5.74, 6) is -2.03. The van der Waals surface area contributed by atoms with E-state index in [0.717, 1.165) is 5.56 Å². The number of amides is 1. The van der Waals surface area contributed by atoms with E-state index in [2.05, 4.69) is 10.5 Å². The van der Waals surface area contributed by atoms with Crippen molar-refractivity contribution in [2.45, 2.75) is 0 Å². The molecule has 1 heterocycles. The van der Waals surface area contributed by atoms with Gasteiger partial charge in [0, 0.05) is 18.2 Å². The number of hydrogen-bond donors (Lipinski definition) is 1. The minimum absolute atomic E-state index is 0.262. The van der Waals surface area contributed by atoms with Crippen LogP contribution in [-0.4, -0.2) is 23.9 Å². The molecule has 1 N–H and O–H groups in total. The van der Waals surface area contributed by atoms with Crippen molar-refractivity contribution in [3.05, 3.63) is 54.1 Å². The van der Waals surface area contributed by atoms with E-state index >= 15 is 0 Å². The fraction of sp³-hybridized carbons (Fsp3) is 0.111. The van der Waals surface area contributed by atoms with Gasteiger partial charge in [-0.25, -0.2) is 0 Å². The summed E-state index contributed by atoms with van der Waals surface area (Å²) in [6.07, 6.45) is 0. The molecule has 0 spiro atoms. The van der Waals surface area contributed by atoms with Gasteiger partial charge in [0.25, 0.3) is 0 Å². The highest BCUT2D eigenvalue weighted by Crippen LogP contribution is 2.29. The van der Waals surface area contributed by atoms with Gasteiger partial charge in [0.1, 0.15) is 5.52 Å². The molecule has 1 atom stereocenters. The van der Waals surface area contributed by atoms with Crippen LogP contribution < -0.4 is 5.32 Å². The second kappa shape index (κ2) is 6.34. The number of hydrogen-bond acceptors (Lipinski definition) is 5. The number of Topliss-reactive ketones (excluding diaryl/α,β-unsaturated/α-hetero) is 1. The van der Waals surface area contributed by atoms with Crippen LogP contribution in [0.5, 0.6) is 0 Å². The summed E-state index contributed by atoms with van der Waals surface area (Å²) in [7, 11) is 1.39. The van der Waals surface area contributed by atoms with Gasteiger partial charge < -0.3 is 9.84 Å². The zero-order valence-electron chi connectivity index (χ0n) is 12.8. The number of ketones is 1. The molecule has 2 aromatic carbocycles. The summed E-state index contributed by atoms with van der Waals surface area (Å²) in [4.78, 5) is 24.1. The van der Waals surface area contributed by atoms with E-state index in [4.69, 9.17) is 9.78 Å². The SMILES string of the molecule is CNC(=O)[C@H](C#N)C(=O)c1ccc2noc(-c3ccccc3)c2c1. The summed E-state index contributed by atoms with van der Waals surface area (Å²) < 4.78 is 5.39. The van der Waals surface area contributed by atoms with Crippen LogP contribution >= 0.6 is 0 Å². The Morgan fingerprint density at radius 3 is 2.62 bits per heavy atom. The third-order valence-electron chi connectivity index (χ3n) is 3.70. The van der Waals surface area contributed by atoms with Crippen molar-refractivity contribution in [1.29, 1.82) is 5.26 Å². The second-order valence-electron chi connectivity index (χ2n) is 5.15. The first-order valence-corrected chi connectivity index (χ1v) is 7.26. The second-order valence-corrected chi connectivity index (χ2v) is 5.15. The molecular formula is C18H13N3O3. The Kier molecular flexibility index (Phi) is 4.08. The molecule has 118 valence electrons. The molecule has 0 unspecified atom stereocenters. The van der Waals surface area contributed by atoms with E-state index in [0.29, 0.717) is 16.7 Å². The molecule has 0 aliphatic carbocycles. The molecule has 0 aliphatic heterocycles. The number of rotatable bonds is 4. The molecule has 0 saturated carbocycles. The largest absolute Gasteiger partial charge is 0.358 e. The first kappa shape index (κ1) is 15.4. The van der Waals surface area contributed by atoms with E-state index < -0.39 is 17.6 Å². The highest BCUT2D eigenvalue weighted by molar-refractivity contribution is 6.13. The Labute approximate surface area is 137 Å². The quantitative estimate of drug-likeness (QED) is 0.589. The van der Waals surface area contributed by atoms with Crippen LogP contribution in [0.2, 0.25) is 0 Å². The minimum Gasteiger partial charge on any atom is -0.358 e. The number of benzene rings is 2. The summed E-state index contributed by atoms with van der Waals surface area (Å²) in [6.45, 7) is 0. The van der Waals surface area contributed by atoms with E-state index in [-0.39, 0.29) is 5.56 Å². The van der Waals surface area contributed by atoms with Gasteiger partial charge in [0.05, 0.1) is 11.5 Å². The standard InChI is InChI=1S/C18H13N3O3/c1-20-18(23)14(10-19)16(22)12-7-8-15-13(9-12)17(24-21-15)11-5-3-2-4-6-11/h2-9,14H,1H3,(H,20,23)/t14-/m1/s1. The minimum atomic E-state index is -1.38. The Bertz CT molecular complexity index is 955. The molecule has 0 aliphatic rings. The topological polar surface area (TPSA) is 96.0 Å². The number of aromatic nitrogens is 1. The maximum absolute atomic E-state index is 12.5. The first-order chi connectivity index (χ1) is 11.7. The van der Waals surface area contributed by atoms with E-state index in [1.54, 1.807) is 18.2 Å². The summed E-state index contributed by atoms with van der Waals surface area (Å²) in [6, 6.07) is 15.9. The van der Waals surface area contributed by atoms with Gasteiger partial charge in [-0.3, -0.25) is 9.59 Å². The van der Waals surface area contributed by atoms with Crippen LogP contribution in [0.15, 0.2) is 53.1 Å². The Morgan fingerprint density at radius 1 is 1.21 bits per heavy atom. The maximum Gasteiger partial charge on any atom is 0.245 e. The van der Waals surface area contributed by atoms with Crippen molar-refractivity contribution < 1.29 is 14.1 Å². The molecular weight excluding hydrogens is 306 g/mol. The zero-order valence-corrected chi connectivity index (χ0v) is 12.8. The van der Waals surface area contributed by atoms with Crippen molar-refractivity contribution in [2.24, 2.45) is 5.92 Å². The lowest BCUT2D eigenvalue weighted by molar-refractivity contribution is -0.121. The molecule has 0 fully saturated rings. The first-order valence-electron chi connectivity index (χ1n) is 7.26. The molecule has 24 heavy (non-hydrogen) atoms. The van der Waals surface area contributed by atoms with Crippen LogP contribution in [0.1, 0.15) is 10.4 Å². The number of nitriles is 1. The molecule has 1 amide bonds. The predicted octanol–water partition coefficient (Wildman–Crippen LogP) is 2.56. The number of nitrogens with one attached hydrogen (secondary N) is 1. The fourth-order valence-electron chi connectivity index (χ4n) is 2.44. The lowest BCUT2D eigenvalue weighted by atomic mass is 9.96. The highest BCUT2D eigenvalue weighted by atomic mass is 16.5. The van der Waals surface area contributed by atoms with Crippen molar-refractivity contribution in [2.75, 3.05) is 7.05 Å². The van der Waals surface area contributed by atoms with Crippen LogP contribution in [0.4, 0.5) is 0 Å². The summed E-state index contributed by atoms with van der Waals surface area (Å²) in [5, 5.41) is 16.1. The number of fused-ring (bicyclic) bond motifs is 1. The lowest BCUT2D eigenvalue weighted by Gasteiger charge is -2.06. The zero-order chi connectivity index (χ0) is 17.1. The average molecular weight is 319 g/mol. The molecule has 1 aromatic heterocycles. The van der Waals surface area contributed by atoms with Crippen molar-refractivity contribution in [1.82, 2.24) is 10.5 Å². The molecule has 3 rings (SSSR count). The van der Waals surface area contributed by atoms with Gasteiger partial charge in [-0.1, -0.05) is 35.5 Å². The van der Waals surface area contributed by atoms with Gasteiger partial charge in [-0.15, -0.1) is 0 Å². The third-order valence-corrected chi connectivity index (χ3v) is 3.70. The Morgan fingerprint density at radius 2 is 1.96 bits per heavy atom. The molecule has 0 bridgehead atoms. The number of carbonyl (C=O) groups is 2. The smallest absolute Gasteiger partial charge is 0.245 e. The Balaban J connectivity index is 2.07. The fourth-order valence-corrected chi connectivity index (χ4v) is 2.44. The van der Waals surface area contributed by atoms with Crippen molar-refractivity contribution in [3.8, 4) is 17.4 Å². The van der Waals surface area contributed by atoms with Gasteiger partial charge in [-0.2, -0.15) is 5.26 Å². The average Bonchev–Trinajstić information content (AvgIpc) is 3.05. The predicted molar refractivity (Wildman–Crippen MR) is 86.9 cm³/mol. The summed E-state index contributed by atoms with van der Waals surface area (Å²) in [5.41, 5.74) is 1.68. The normalized spacial score (nSPS) is 11.7. The molecule has 6 heteroatoms. The van der Waals surface area contributed by atoms with Gasteiger partial charge in [0.2, 0.25) is 5.91 Å². The third kappa shape index (κ3) is 2.63. The summed E-state index contributed by atoms with van der Waals surface area (Å²) >= 11 is 0. The molecule has 3 aromatic rings. The highest BCUT2D eigenvalue weighted by Gasteiger charge is 2.27. The Hall–Kier alpha value is -3.46. The van der Waals surface area contributed by atoms with Crippen LogP contribution in [0, 0.1) is 17.2 Å². The molecule has 0 radical (unpaired) electrons.